The first-order chi connectivity index (χ1) is 8.58. The van der Waals surface area contributed by atoms with Crippen LogP contribution in [0.1, 0.15) is 22.3 Å². The summed E-state index contributed by atoms with van der Waals surface area (Å²) in [5, 5.41) is 5.63. The fraction of sp³-hybridized carbons (Fsp3) is 0.385. The van der Waals surface area contributed by atoms with Crippen molar-refractivity contribution in [3.63, 3.8) is 0 Å². The standard InChI is InChI=1S/C13H18N2O3.ClH/c1-9-4-5-10(8-11(9)13(17)18-3)15-12(16)6-7-14-2;/h4-5,8,14H,6-7H2,1-3H3,(H,15,16);1H. The number of carbonyl (C=O) groups excluding carboxylic acids is 2. The Kier molecular flexibility index (Phi) is 7.79. The minimum atomic E-state index is -0.404. The number of amides is 1. The van der Waals surface area contributed by atoms with Crippen LogP contribution in [0, 0.1) is 6.92 Å². The third-order valence-corrected chi connectivity index (χ3v) is 2.53. The molecule has 0 bridgehead atoms. The average Bonchev–Trinajstić information content (AvgIpc) is 2.37. The molecule has 2 N–H and O–H groups in total. The van der Waals surface area contributed by atoms with Gasteiger partial charge in [0.05, 0.1) is 12.7 Å². The number of benzene rings is 1. The van der Waals surface area contributed by atoms with Gasteiger partial charge < -0.3 is 15.4 Å². The summed E-state index contributed by atoms with van der Waals surface area (Å²) in [7, 11) is 3.12. The Labute approximate surface area is 119 Å². The summed E-state index contributed by atoms with van der Waals surface area (Å²) in [6, 6.07) is 5.16. The third kappa shape index (κ3) is 5.28. The zero-order chi connectivity index (χ0) is 13.5. The van der Waals surface area contributed by atoms with Crippen LogP contribution >= 0.6 is 12.4 Å². The van der Waals surface area contributed by atoms with E-state index in [4.69, 9.17) is 0 Å². The van der Waals surface area contributed by atoms with Gasteiger partial charge in [-0.3, -0.25) is 4.79 Å². The van der Waals surface area contributed by atoms with Crippen molar-refractivity contribution in [2.24, 2.45) is 0 Å². The molecule has 0 saturated heterocycles. The molecule has 0 fully saturated rings. The Morgan fingerprint density at radius 3 is 2.58 bits per heavy atom. The quantitative estimate of drug-likeness (QED) is 0.809. The van der Waals surface area contributed by atoms with Gasteiger partial charge in [-0.05, 0) is 31.7 Å². The van der Waals surface area contributed by atoms with Gasteiger partial charge in [0.2, 0.25) is 5.91 Å². The lowest BCUT2D eigenvalue weighted by molar-refractivity contribution is -0.116. The molecular weight excluding hydrogens is 268 g/mol. The normalized spacial score (nSPS) is 9.42. The maximum Gasteiger partial charge on any atom is 0.338 e. The molecule has 0 saturated carbocycles. The number of carbonyl (C=O) groups is 2. The Bertz CT molecular complexity index is 450. The molecule has 0 unspecified atom stereocenters. The van der Waals surface area contributed by atoms with Crippen LogP contribution in [0.3, 0.4) is 0 Å². The zero-order valence-electron chi connectivity index (χ0n) is 11.3. The predicted octanol–water partition coefficient (Wildman–Crippen LogP) is 1.75. The van der Waals surface area contributed by atoms with E-state index < -0.39 is 5.97 Å². The summed E-state index contributed by atoms with van der Waals surface area (Å²) in [6.07, 6.45) is 0.387. The molecule has 1 amide bonds. The number of hydrogen-bond acceptors (Lipinski definition) is 4. The van der Waals surface area contributed by atoms with Gasteiger partial charge in [-0.2, -0.15) is 0 Å². The highest BCUT2D eigenvalue weighted by molar-refractivity contribution is 5.95. The lowest BCUT2D eigenvalue weighted by atomic mass is 10.1. The smallest absolute Gasteiger partial charge is 0.338 e. The Balaban J connectivity index is 0.00000324. The molecule has 0 radical (unpaired) electrons. The SMILES string of the molecule is CNCCC(=O)Nc1ccc(C)c(C(=O)OC)c1.Cl. The van der Waals surface area contributed by atoms with Gasteiger partial charge in [-0.15, -0.1) is 12.4 Å². The molecule has 106 valence electrons. The first-order valence-corrected chi connectivity index (χ1v) is 5.72. The van der Waals surface area contributed by atoms with E-state index in [1.807, 2.05) is 6.92 Å². The number of anilines is 1. The van der Waals surface area contributed by atoms with E-state index >= 15 is 0 Å². The van der Waals surface area contributed by atoms with E-state index in [-0.39, 0.29) is 18.3 Å². The van der Waals surface area contributed by atoms with Crippen LogP contribution in [0.2, 0.25) is 0 Å². The molecule has 0 atom stereocenters. The topological polar surface area (TPSA) is 67.4 Å². The predicted molar refractivity (Wildman–Crippen MR) is 76.9 cm³/mol. The lowest BCUT2D eigenvalue weighted by Crippen LogP contribution is -2.19. The average molecular weight is 287 g/mol. The van der Waals surface area contributed by atoms with E-state index in [9.17, 15) is 9.59 Å². The number of hydrogen-bond donors (Lipinski definition) is 2. The van der Waals surface area contributed by atoms with Crippen molar-refractivity contribution < 1.29 is 14.3 Å². The van der Waals surface area contributed by atoms with Crippen molar-refractivity contribution in [2.75, 3.05) is 26.0 Å². The summed E-state index contributed by atoms with van der Waals surface area (Å²) >= 11 is 0. The van der Waals surface area contributed by atoms with E-state index in [2.05, 4.69) is 15.4 Å². The van der Waals surface area contributed by atoms with Crippen molar-refractivity contribution in [3.05, 3.63) is 29.3 Å². The van der Waals surface area contributed by atoms with Crippen LogP contribution in [0.4, 0.5) is 5.69 Å². The summed E-state index contributed by atoms with van der Waals surface area (Å²) in [5.41, 5.74) is 1.88. The summed E-state index contributed by atoms with van der Waals surface area (Å²) in [6.45, 7) is 2.43. The van der Waals surface area contributed by atoms with Gasteiger partial charge in [0.1, 0.15) is 0 Å². The van der Waals surface area contributed by atoms with Crippen LogP contribution in [0.25, 0.3) is 0 Å². The molecule has 0 aliphatic heterocycles. The van der Waals surface area contributed by atoms with E-state index in [0.717, 1.165) is 5.56 Å². The van der Waals surface area contributed by atoms with Crippen molar-refractivity contribution in [1.82, 2.24) is 5.32 Å². The highest BCUT2D eigenvalue weighted by atomic mass is 35.5. The molecule has 5 nitrogen and oxygen atoms in total. The lowest BCUT2D eigenvalue weighted by Gasteiger charge is -2.08. The van der Waals surface area contributed by atoms with Crippen molar-refractivity contribution in [2.45, 2.75) is 13.3 Å². The summed E-state index contributed by atoms with van der Waals surface area (Å²) in [5.74, 6) is -0.497. The second-order valence-corrected chi connectivity index (χ2v) is 3.92. The number of nitrogens with one attached hydrogen (secondary N) is 2. The molecule has 0 aliphatic carbocycles. The largest absolute Gasteiger partial charge is 0.465 e. The van der Waals surface area contributed by atoms with Gasteiger partial charge in [-0.25, -0.2) is 4.79 Å². The van der Waals surface area contributed by atoms with Crippen LogP contribution in [0.15, 0.2) is 18.2 Å². The van der Waals surface area contributed by atoms with Crippen LogP contribution in [0.5, 0.6) is 0 Å². The number of ether oxygens (including phenoxy) is 1. The van der Waals surface area contributed by atoms with Gasteiger partial charge in [0.15, 0.2) is 0 Å². The number of aryl methyl sites for hydroxylation is 1. The molecule has 6 heteroatoms. The van der Waals surface area contributed by atoms with Crippen molar-refractivity contribution >= 4 is 30.0 Å². The molecule has 19 heavy (non-hydrogen) atoms. The van der Waals surface area contributed by atoms with Crippen LogP contribution in [-0.2, 0) is 9.53 Å². The molecule has 0 aliphatic rings. The molecule has 0 aromatic heterocycles. The number of methoxy groups -OCH3 is 1. The van der Waals surface area contributed by atoms with E-state index in [0.29, 0.717) is 24.2 Å². The van der Waals surface area contributed by atoms with Crippen LogP contribution < -0.4 is 10.6 Å². The zero-order valence-corrected chi connectivity index (χ0v) is 12.1. The number of rotatable bonds is 5. The Hall–Kier alpha value is -1.59. The highest BCUT2D eigenvalue weighted by Gasteiger charge is 2.10. The fourth-order valence-corrected chi connectivity index (χ4v) is 1.49. The molecule has 1 rings (SSSR count). The summed E-state index contributed by atoms with van der Waals surface area (Å²) < 4.78 is 4.68. The molecule has 0 heterocycles. The van der Waals surface area contributed by atoms with Crippen LogP contribution in [-0.4, -0.2) is 32.6 Å². The third-order valence-electron chi connectivity index (χ3n) is 2.53. The second kappa shape index (κ2) is 8.50. The minimum Gasteiger partial charge on any atom is -0.465 e. The Morgan fingerprint density at radius 1 is 1.32 bits per heavy atom. The first-order valence-electron chi connectivity index (χ1n) is 5.72. The highest BCUT2D eigenvalue weighted by Crippen LogP contribution is 2.16. The van der Waals surface area contributed by atoms with E-state index in [1.54, 1.807) is 25.2 Å². The van der Waals surface area contributed by atoms with Gasteiger partial charge >= 0.3 is 5.97 Å². The number of esters is 1. The molecule has 0 spiro atoms. The first kappa shape index (κ1) is 17.4. The Morgan fingerprint density at radius 2 is 2.00 bits per heavy atom. The summed E-state index contributed by atoms with van der Waals surface area (Å²) in [4.78, 5) is 23.0. The monoisotopic (exact) mass is 286 g/mol. The maximum absolute atomic E-state index is 11.5. The molecule has 1 aromatic rings. The molecular formula is C13H19ClN2O3. The van der Waals surface area contributed by atoms with Gasteiger partial charge in [0, 0.05) is 18.7 Å². The minimum absolute atomic E-state index is 0. The fourth-order valence-electron chi connectivity index (χ4n) is 1.49. The molecule has 1 aromatic carbocycles. The second-order valence-electron chi connectivity index (χ2n) is 3.92. The van der Waals surface area contributed by atoms with Gasteiger partial charge in [-0.1, -0.05) is 6.07 Å². The van der Waals surface area contributed by atoms with Crippen molar-refractivity contribution in [3.8, 4) is 0 Å². The van der Waals surface area contributed by atoms with Gasteiger partial charge in [0.25, 0.3) is 0 Å². The maximum atomic E-state index is 11.5. The van der Waals surface area contributed by atoms with E-state index in [1.165, 1.54) is 7.11 Å². The number of halogens is 1. The van der Waals surface area contributed by atoms with Crippen molar-refractivity contribution in [1.29, 1.82) is 0 Å².